The largest absolute Gasteiger partial charge is 0.377 e. The van der Waals surface area contributed by atoms with Gasteiger partial charge in [0.25, 0.3) is 0 Å². The van der Waals surface area contributed by atoms with E-state index in [2.05, 4.69) is 34.9 Å². The molecule has 0 spiro atoms. The molecule has 1 saturated carbocycles. The third-order valence-electron chi connectivity index (χ3n) is 6.47. The number of aromatic nitrogens is 3. The molecule has 1 fully saturated rings. The zero-order chi connectivity index (χ0) is 20.1. The van der Waals surface area contributed by atoms with Crippen LogP contribution in [0.4, 0.5) is 0 Å². The third-order valence-corrected chi connectivity index (χ3v) is 6.47. The van der Waals surface area contributed by atoms with Gasteiger partial charge in [0.15, 0.2) is 0 Å². The van der Waals surface area contributed by atoms with Crippen molar-refractivity contribution in [1.82, 2.24) is 19.4 Å². The lowest BCUT2D eigenvalue weighted by atomic mass is 9.99. The van der Waals surface area contributed by atoms with Crippen molar-refractivity contribution in [2.75, 3.05) is 19.8 Å². The minimum atomic E-state index is 0.570. The molecule has 4 heterocycles. The number of imidazole rings is 1. The first-order valence-electron chi connectivity index (χ1n) is 10.8. The van der Waals surface area contributed by atoms with Crippen molar-refractivity contribution in [3.63, 3.8) is 0 Å². The first-order chi connectivity index (χ1) is 14.8. The van der Waals surface area contributed by atoms with Gasteiger partial charge in [-0.2, -0.15) is 0 Å². The van der Waals surface area contributed by atoms with Crippen molar-refractivity contribution in [3.05, 3.63) is 53.8 Å². The summed E-state index contributed by atoms with van der Waals surface area (Å²) >= 11 is 0. The summed E-state index contributed by atoms with van der Waals surface area (Å²) in [6, 6.07) is 8.56. The van der Waals surface area contributed by atoms with Crippen molar-refractivity contribution in [1.29, 1.82) is 0 Å². The lowest BCUT2D eigenvalue weighted by Crippen LogP contribution is -2.33. The SMILES string of the molecule is O=CN1CCn2c(C3CC3)nc(-c3cccc4cc(C5=CCOCC5)ncc34)c2C1. The number of hydrogen-bond donors (Lipinski definition) is 0. The molecule has 0 bridgehead atoms. The highest BCUT2D eigenvalue weighted by Gasteiger charge is 2.33. The molecule has 2 aliphatic heterocycles. The van der Waals surface area contributed by atoms with E-state index in [0.717, 1.165) is 60.6 Å². The van der Waals surface area contributed by atoms with Crippen molar-refractivity contribution >= 4 is 22.8 Å². The minimum Gasteiger partial charge on any atom is -0.377 e. The van der Waals surface area contributed by atoms with Crippen molar-refractivity contribution in [2.24, 2.45) is 0 Å². The Hall–Kier alpha value is -2.99. The van der Waals surface area contributed by atoms with Gasteiger partial charge in [0, 0.05) is 36.2 Å². The molecule has 1 aromatic carbocycles. The summed E-state index contributed by atoms with van der Waals surface area (Å²) in [4.78, 5) is 23.2. The summed E-state index contributed by atoms with van der Waals surface area (Å²) in [5.41, 5.74) is 5.55. The Morgan fingerprint density at radius 3 is 2.93 bits per heavy atom. The highest BCUT2D eigenvalue weighted by atomic mass is 16.5. The van der Waals surface area contributed by atoms with Crippen LogP contribution in [0, 0.1) is 0 Å². The molecule has 6 heteroatoms. The smallest absolute Gasteiger partial charge is 0.210 e. The maximum absolute atomic E-state index is 11.4. The van der Waals surface area contributed by atoms with Crippen molar-refractivity contribution in [3.8, 4) is 11.3 Å². The maximum Gasteiger partial charge on any atom is 0.210 e. The first kappa shape index (κ1) is 17.8. The third kappa shape index (κ3) is 2.94. The summed E-state index contributed by atoms with van der Waals surface area (Å²) in [6.45, 7) is 3.62. The lowest BCUT2D eigenvalue weighted by Gasteiger charge is -2.26. The molecule has 0 N–H and O–H groups in total. The molecule has 152 valence electrons. The number of ether oxygens (including phenoxy) is 1. The molecular formula is C24H24N4O2. The van der Waals surface area contributed by atoms with Crippen LogP contribution >= 0.6 is 0 Å². The van der Waals surface area contributed by atoms with E-state index < -0.39 is 0 Å². The van der Waals surface area contributed by atoms with Crippen LogP contribution in [0.15, 0.2) is 36.5 Å². The van der Waals surface area contributed by atoms with Crippen LogP contribution in [-0.4, -0.2) is 45.6 Å². The zero-order valence-corrected chi connectivity index (χ0v) is 16.9. The summed E-state index contributed by atoms with van der Waals surface area (Å²) in [6.07, 6.45) is 8.40. The number of rotatable bonds is 4. The van der Waals surface area contributed by atoms with Crippen molar-refractivity contribution < 1.29 is 9.53 Å². The molecule has 0 saturated heterocycles. The van der Waals surface area contributed by atoms with E-state index in [4.69, 9.17) is 14.7 Å². The molecule has 1 aliphatic carbocycles. The summed E-state index contributed by atoms with van der Waals surface area (Å²) in [5.74, 6) is 1.76. The van der Waals surface area contributed by atoms with E-state index in [1.807, 2.05) is 11.1 Å². The van der Waals surface area contributed by atoms with Crippen LogP contribution in [0.2, 0.25) is 0 Å². The Balaban J connectivity index is 1.48. The van der Waals surface area contributed by atoms with Gasteiger partial charge in [-0.1, -0.05) is 24.3 Å². The predicted molar refractivity (Wildman–Crippen MR) is 115 cm³/mol. The quantitative estimate of drug-likeness (QED) is 0.626. The molecule has 1 amide bonds. The normalized spacial score (nSPS) is 18.9. The fourth-order valence-electron chi connectivity index (χ4n) is 4.69. The van der Waals surface area contributed by atoms with Crippen LogP contribution in [0.25, 0.3) is 27.6 Å². The van der Waals surface area contributed by atoms with E-state index in [9.17, 15) is 4.79 Å². The number of hydrogen-bond acceptors (Lipinski definition) is 4. The van der Waals surface area contributed by atoms with Gasteiger partial charge in [-0.3, -0.25) is 9.78 Å². The Kier molecular flexibility index (Phi) is 4.20. The molecule has 0 unspecified atom stereocenters. The van der Waals surface area contributed by atoms with E-state index in [1.54, 1.807) is 0 Å². The molecule has 6 nitrogen and oxygen atoms in total. The van der Waals surface area contributed by atoms with Crippen LogP contribution in [0.3, 0.4) is 0 Å². The predicted octanol–water partition coefficient (Wildman–Crippen LogP) is 3.75. The second-order valence-electron chi connectivity index (χ2n) is 8.42. The molecule has 0 atom stereocenters. The van der Waals surface area contributed by atoms with E-state index in [0.29, 0.717) is 19.1 Å². The monoisotopic (exact) mass is 400 g/mol. The highest BCUT2D eigenvalue weighted by molar-refractivity contribution is 5.97. The average Bonchev–Trinajstić information content (AvgIpc) is 3.59. The van der Waals surface area contributed by atoms with E-state index in [-0.39, 0.29) is 0 Å². The molecular weight excluding hydrogens is 376 g/mol. The summed E-state index contributed by atoms with van der Waals surface area (Å²) in [5, 5.41) is 2.28. The minimum absolute atomic E-state index is 0.570. The van der Waals surface area contributed by atoms with Gasteiger partial charge in [-0.25, -0.2) is 4.98 Å². The van der Waals surface area contributed by atoms with Gasteiger partial charge >= 0.3 is 0 Å². The van der Waals surface area contributed by atoms with Gasteiger partial charge in [0.2, 0.25) is 6.41 Å². The molecule has 3 aliphatic rings. The fraction of sp³-hybridized carbons (Fsp3) is 0.375. The summed E-state index contributed by atoms with van der Waals surface area (Å²) < 4.78 is 7.80. The first-order valence-corrected chi connectivity index (χ1v) is 10.8. The summed E-state index contributed by atoms with van der Waals surface area (Å²) in [7, 11) is 0. The van der Waals surface area contributed by atoms with Gasteiger partial charge < -0.3 is 14.2 Å². The van der Waals surface area contributed by atoms with Gasteiger partial charge in [0.1, 0.15) is 5.82 Å². The Morgan fingerprint density at radius 1 is 1.20 bits per heavy atom. The van der Waals surface area contributed by atoms with Gasteiger partial charge in [-0.15, -0.1) is 0 Å². The molecule has 30 heavy (non-hydrogen) atoms. The standard InChI is InChI=1S/C24H24N4O2/c29-15-27-8-9-28-22(14-27)23(26-24(28)17-4-5-17)19-3-1-2-18-12-21(25-13-20(18)19)16-6-10-30-11-7-16/h1-3,6,12-13,15,17H,4-5,7-11,14H2. The van der Waals surface area contributed by atoms with Crippen LogP contribution in [-0.2, 0) is 22.6 Å². The molecule has 3 aromatic rings. The van der Waals surface area contributed by atoms with Crippen LogP contribution in [0.5, 0.6) is 0 Å². The van der Waals surface area contributed by atoms with Crippen LogP contribution in [0.1, 0.15) is 42.4 Å². The second kappa shape index (κ2) is 7.06. The number of amides is 1. The number of pyridine rings is 1. The number of fused-ring (bicyclic) bond motifs is 2. The number of nitrogens with zero attached hydrogens (tertiary/aromatic N) is 4. The lowest BCUT2D eigenvalue weighted by molar-refractivity contribution is -0.119. The fourth-order valence-corrected chi connectivity index (χ4v) is 4.69. The Morgan fingerprint density at radius 2 is 2.13 bits per heavy atom. The zero-order valence-electron chi connectivity index (χ0n) is 16.9. The van der Waals surface area contributed by atoms with Crippen LogP contribution < -0.4 is 0 Å². The molecule has 0 radical (unpaired) electrons. The van der Waals surface area contributed by atoms with Gasteiger partial charge in [0.05, 0.1) is 36.8 Å². The van der Waals surface area contributed by atoms with E-state index in [1.165, 1.54) is 29.6 Å². The molecule has 2 aromatic heterocycles. The Labute approximate surface area is 175 Å². The number of carbonyl (C=O) groups is 1. The van der Waals surface area contributed by atoms with Crippen molar-refractivity contribution in [2.45, 2.75) is 38.3 Å². The van der Waals surface area contributed by atoms with Gasteiger partial charge in [-0.05, 0) is 36.3 Å². The Bertz CT molecular complexity index is 1180. The highest BCUT2D eigenvalue weighted by Crippen LogP contribution is 2.43. The topological polar surface area (TPSA) is 60.2 Å². The second-order valence-corrected chi connectivity index (χ2v) is 8.42. The van der Waals surface area contributed by atoms with E-state index >= 15 is 0 Å². The number of carbonyl (C=O) groups excluding carboxylic acids is 1. The molecule has 6 rings (SSSR count). The maximum atomic E-state index is 11.4. The average molecular weight is 400 g/mol. The number of benzene rings is 1.